The number of aromatic nitrogens is 6. The number of pyridine rings is 1. The molecule has 0 amide bonds. The van der Waals surface area contributed by atoms with Crippen molar-refractivity contribution in [3.63, 3.8) is 0 Å². The van der Waals surface area contributed by atoms with E-state index in [2.05, 4.69) is 30.9 Å². The second kappa shape index (κ2) is 4.78. The average molecular weight is 277 g/mol. The van der Waals surface area contributed by atoms with Gasteiger partial charge in [0.1, 0.15) is 0 Å². The third kappa shape index (κ3) is 2.04. The fourth-order valence-electron chi connectivity index (χ4n) is 2.25. The Morgan fingerprint density at radius 1 is 1.00 bits per heavy atom. The Bertz CT molecular complexity index is 901. The van der Waals surface area contributed by atoms with Crippen molar-refractivity contribution >= 4 is 22.2 Å². The number of benzene rings is 1. The highest BCUT2D eigenvalue weighted by molar-refractivity contribution is 5.99. The van der Waals surface area contributed by atoms with Crippen molar-refractivity contribution in [3.05, 3.63) is 54.4 Å². The summed E-state index contributed by atoms with van der Waals surface area (Å²) in [7, 11) is 0. The number of anilines is 1. The summed E-state index contributed by atoms with van der Waals surface area (Å²) >= 11 is 0. The molecule has 0 saturated heterocycles. The van der Waals surface area contributed by atoms with E-state index in [0.29, 0.717) is 12.2 Å². The highest BCUT2D eigenvalue weighted by atomic mass is 15.6. The van der Waals surface area contributed by atoms with E-state index in [1.807, 2.05) is 42.5 Å². The molecule has 102 valence electrons. The number of nitrogens with one attached hydrogen (secondary N) is 1. The maximum absolute atomic E-state index is 4.42. The molecule has 0 atom stereocenters. The minimum Gasteiger partial charge on any atom is -0.362 e. The zero-order valence-electron chi connectivity index (χ0n) is 11.0. The summed E-state index contributed by atoms with van der Waals surface area (Å²) < 4.78 is 1.43. The number of hydrogen-bond acceptors (Lipinski definition) is 6. The van der Waals surface area contributed by atoms with Gasteiger partial charge in [0, 0.05) is 17.0 Å². The van der Waals surface area contributed by atoms with Gasteiger partial charge in [-0.2, -0.15) is 0 Å². The van der Waals surface area contributed by atoms with Crippen LogP contribution < -0.4 is 5.32 Å². The third-order valence-corrected chi connectivity index (χ3v) is 3.23. The fraction of sp³-hybridized carbons (Fsp3) is 0.0714. The van der Waals surface area contributed by atoms with Crippen molar-refractivity contribution in [2.75, 3.05) is 5.32 Å². The zero-order chi connectivity index (χ0) is 14.1. The highest BCUT2D eigenvalue weighted by Crippen LogP contribution is 2.23. The van der Waals surface area contributed by atoms with Gasteiger partial charge in [-0.1, -0.05) is 30.3 Å². The van der Waals surface area contributed by atoms with E-state index in [1.54, 1.807) is 6.20 Å². The first kappa shape index (κ1) is 11.7. The summed E-state index contributed by atoms with van der Waals surface area (Å²) in [5.41, 5.74) is 1.59. The number of hydrogen-bond donors (Lipinski definition) is 1. The first-order valence-electron chi connectivity index (χ1n) is 6.53. The fourth-order valence-corrected chi connectivity index (χ4v) is 2.25. The highest BCUT2D eigenvalue weighted by Gasteiger charge is 2.10. The van der Waals surface area contributed by atoms with Crippen LogP contribution in [0, 0.1) is 0 Å². The Morgan fingerprint density at radius 3 is 2.71 bits per heavy atom. The van der Waals surface area contributed by atoms with E-state index >= 15 is 0 Å². The first-order valence-corrected chi connectivity index (χ1v) is 6.53. The van der Waals surface area contributed by atoms with Crippen LogP contribution in [-0.2, 0) is 6.54 Å². The SMILES string of the molecule is c1ccc(CNc2nn3nnnc3c3ccccc23)nc1. The van der Waals surface area contributed by atoms with Crippen LogP contribution in [0.1, 0.15) is 5.69 Å². The summed E-state index contributed by atoms with van der Waals surface area (Å²) in [6.07, 6.45) is 1.77. The maximum atomic E-state index is 4.42. The molecule has 7 nitrogen and oxygen atoms in total. The van der Waals surface area contributed by atoms with E-state index in [1.165, 1.54) is 4.63 Å². The lowest BCUT2D eigenvalue weighted by Crippen LogP contribution is -2.07. The van der Waals surface area contributed by atoms with Gasteiger partial charge in [-0.3, -0.25) is 4.98 Å². The molecule has 0 radical (unpaired) electrons. The van der Waals surface area contributed by atoms with Crippen LogP contribution in [0.2, 0.25) is 0 Å². The standard InChI is InChI=1S/C14H11N7/c1-2-7-12-11(6-1)13(18-21-14(12)17-19-20-21)16-9-10-5-3-4-8-15-10/h1-8H,9H2,(H,16,18). The zero-order valence-corrected chi connectivity index (χ0v) is 11.0. The van der Waals surface area contributed by atoms with Gasteiger partial charge in [-0.25, -0.2) is 0 Å². The van der Waals surface area contributed by atoms with Crippen LogP contribution in [-0.4, -0.2) is 30.2 Å². The smallest absolute Gasteiger partial charge is 0.207 e. The molecule has 0 aliphatic rings. The number of nitrogens with zero attached hydrogens (tertiary/aromatic N) is 6. The summed E-state index contributed by atoms with van der Waals surface area (Å²) in [5, 5.41) is 21.2. The predicted molar refractivity (Wildman–Crippen MR) is 77.6 cm³/mol. The Hall–Kier alpha value is -3.09. The van der Waals surface area contributed by atoms with E-state index < -0.39 is 0 Å². The number of tetrazole rings is 1. The molecule has 0 unspecified atom stereocenters. The van der Waals surface area contributed by atoms with Crippen LogP contribution in [0.15, 0.2) is 48.7 Å². The monoisotopic (exact) mass is 277 g/mol. The molecule has 3 heterocycles. The summed E-state index contributed by atoms with van der Waals surface area (Å²) in [6.45, 7) is 0.589. The van der Waals surface area contributed by atoms with Gasteiger partial charge in [-0.15, -0.1) is 14.8 Å². The molecule has 4 rings (SSSR count). The largest absolute Gasteiger partial charge is 0.362 e. The normalized spacial score (nSPS) is 11.0. The molecule has 0 spiro atoms. The molecular weight excluding hydrogens is 266 g/mol. The lowest BCUT2D eigenvalue weighted by molar-refractivity contribution is 0.736. The van der Waals surface area contributed by atoms with Crippen molar-refractivity contribution in [1.82, 2.24) is 30.2 Å². The van der Waals surface area contributed by atoms with Gasteiger partial charge in [0.25, 0.3) is 0 Å². The quantitative estimate of drug-likeness (QED) is 0.613. The molecule has 7 heteroatoms. The number of rotatable bonds is 3. The molecule has 21 heavy (non-hydrogen) atoms. The molecule has 0 bridgehead atoms. The molecule has 0 aliphatic heterocycles. The van der Waals surface area contributed by atoms with Gasteiger partial charge in [0.05, 0.1) is 12.2 Å². The Kier molecular flexibility index (Phi) is 2.67. The molecular formula is C14H11N7. The Labute approximate surface area is 119 Å². The van der Waals surface area contributed by atoms with Crippen molar-refractivity contribution in [2.24, 2.45) is 0 Å². The van der Waals surface area contributed by atoms with E-state index in [9.17, 15) is 0 Å². The molecule has 1 N–H and O–H groups in total. The lowest BCUT2D eigenvalue weighted by atomic mass is 10.2. The van der Waals surface area contributed by atoms with E-state index in [0.717, 1.165) is 22.3 Å². The molecule has 0 saturated carbocycles. The summed E-state index contributed by atoms with van der Waals surface area (Å²) in [4.78, 5) is 4.29. The van der Waals surface area contributed by atoms with Crippen LogP contribution >= 0.6 is 0 Å². The van der Waals surface area contributed by atoms with Gasteiger partial charge >= 0.3 is 0 Å². The Balaban J connectivity index is 1.79. The van der Waals surface area contributed by atoms with Crippen molar-refractivity contribution in [3.8, 4) is 0 Å². The van der Waals surface area contributed by atoms with Gasteiger partial charge in [0.15, 0.2) is 5.82 Å². The Morgan fingerprint density at radius 2 is 1.86 bits per heavy atom. The minimum atomic E-state index is 0.589. The van der Waals surface area contributed by atoms with Crippen LogP contribution in [0.5, 0.6) is 0 Å². The van der Waals surface area contributed by atoms with Gasteiger partial charge < -0.3 is 5.32 Å². The minimum absolute atomic E-state index is 0.589. The van der Waals surface area contributed by atoms with Crippen LogP contribution in [0.4, 0.5) is 5.82 Å². The van der Waals surface area contributed by atoms with Gasteiger partial charge in [-0.05, 0) is 22.6 Å². The molecule has 1 aromatic carbocycles. The maximum Gasteiger partial charge on any atom is 0.207 e. The molecule has 4 aromatic rings. The third-order valence-electron chi connectivity index (χ3n) is 3.23. The van der Waals surface area contributed by atoms with E-state index in [4.69, 9.17) is 0 Å². The number of fused-ring (bicyclic) bond motifs is 3. The summed E-state index contributed by atoms with van der Waals surface area (Å²) in [5.74, 6) is 0.732. The molecule has 0 aliphatic carbocycles. The van der Waals surface area contributed by atoms with Crippen LogP contribution in [0.25, 0.3) is 16.4 Å². The van der Waals surface area contributed by atoms with Crippen LogP contribution in [0.3, 0.4) is 0 Å². The van der Waals surface area contributed by atoms with Crippen molar-refractivity contribution in [2.45, 2.75) is 6.54 Å². The predicted octanol–water partition coefficient (Wildman–Crippen LogP) is 1.68. The second-order valence-corrected chi connectivity index (χ2v) is 4.56. The summed E-state index contributed by atoms with van der Waals surface area (Å²) in [6, 6.07) is 13.7. The van der Waals surface area contributed by atoms with E-state index in [-0.39, 0.29) is 0 Å². The average Bonchev–Trinajstić information content (AvgIpc) is 3.02. The van der Waals surface area contributed by atoms with Gasteiger partial charge in [0.2, 0.25) is 5.65 Å². The first-order chi connectivity index (χ1) is 10.4. The lowest BCUT2D eigenvalue weighted by Gasteiger charge is -2.08. The second-order valence-electron chi connectivity index (χ2n) is 4.56. The molecule has 0 fully saturated rings. The van der Waals surface area contributed by atoms with Crippen molar-refractivity contribution < 1.29 is 0 Å². The van der Waals surface area contributed by atoms with Crippen molar-refractivity contribution in [1.29, 1.82) is 0 Å². The topological polar surface area (TPSA) is 80.9 Å². The molecule has 3 aromatic heterocycles.